The van der Waals surface area contributed by atoms with Crippen LogP contribution in [0, 0.1) is 12.8 Å². The molecule has 1 aromatic carbocycles. The third-order valence-electron chi connectivity index (χ3n) is 3.03. The summed E-state index contributed by atoms with van der Waals surface area (Å²) in [5.41, 5.74) is -0.0422. The van der Waals surface area contributed by atoms with E-state index in [1.165, 1.54) is 14.0 Å². The molecule has 1 aromatic rings. The van der Waals surface area contributed by atoms with Crippen LogP contribution in [0.3, 0.4) is 0 Å². The molecular formula is C14H18O6. The molecule has 6 heteroatoms. The second-order valence-electron chi connectivity index (χ2n) is 4.80. The Labute approximate surface area is 116 Å². The summed E-state index contributed by atoms with van der Waals surface area (Å²) < 4.78 is 5.08. The number of carboxylic acids is 1. The number of Topliss-reactive ketones (excluding diaryl/α,β-unsaturated/α-hetero) is 1. The molecule has 0 amide bonds. The summed E-state index contributed by atoms with van der Waals surface area (Å²) in [5.74, 6) is -2.85. The minimum atomic E-state index is -1.22. The summed E-state index contributed by atoms with van der Waals surface area (Å²) in [6.45, 7) is 4.80. The number of phenols is 2. The van der Waals surface area contributed by atoms with Crippen LogP contribution in [0.1, 0.15) is 35.3 Å². The molecule has 1 rings (SSSR count). The number of benzene rings is 1. The summed E-state index contributed by atoms with van der Waals surface area (Å²) in [4.78, 5) is 23.0. The number of carbonyl (C=O) groups is 2. The fourth-order valence-corrected chi connectivity index (χ4v) is 1.98. The van der Waals surface area contributed by atoms with Gasteiger partial charge in [-0.3, -0.25) is 9.59 Å². The Bertz CT molecular complexity index is 560. The van der Waals surface area contributed by atoms with Gasteiger partial charge in [0.2, 0.25) is 0 Å². The summed E-state index contributed by atoms with van der Waals surface area (Å²) >= 11 is 0. The van der Waals surface area contributed by atoms with Crippen LogP contribution < -0.4 is 4.74 Å². The van der Waals surface area contributed by atoms with Crippen LogP contribution in [0.5, 0.6) is 17.2 Å². The number of ketones is 1. The highest BCUT2D eigenvalue weighted by molar-refractivity contribution is 6.04. The first-order valence-electron chi connectivity index (χ1n) is 6.09. The number of aromatic hydroxyl groups is 2. The SMILES string of the molecule is COc1c(C)c(O)c(CC(=O)O)c(O)c1C(=O)C(C)C. The van der Waals surface area contributed by atoms with Gasteiger partial charge in [-0.25, -0.2) is 0 Å². The molecule has 6 nitrogen and oxygen atoms in total. The number of ether oxygens (including phenoxy) is 1. The van der Waals surface area contributed by atoms with Gasteiger partial charge in [-0.2, -0.15) is 0 Å². The molecule has 0 fully saturated rings. The van der Waals surface area contributed by atoms with E-state index in [2.05, 4.69) is 0 Å². The van der Waals surface area contributed by atoms with Crippen molar-refractivity contribution in [3.05, 3.63) is 16.7 Å². The van der Waals surface area contributed by atoms with E-state index in [0.717, 1.165) is 0 Å². The quantitative estimate of drug-likeness (QED) is 0.712. The van der Waals surface area contributed by atoms with Gasteiger partial charge in [0.25, 0.3) is 0 Å². The highest BCUT2D eigenvalue weighted by Gasteiger charge is 2.28. The van der Waals surface area contributed by atoms with Gasteiger partial charge in [-0.05, 0) is 6.92 Å². The highest BCUT2D eigenvalue weighted by Crippen LogP contribution is 2.43. The zero-order valence-electron chi connectivity index (χ0n) is 11.9. The van der Waals surface area contributed by atoms with Gasteiger partial charge in [0.15, 0.2) is 5.78 Å². The molecule has 0 heterocycles. The van der Waals surface area contributed by atoms with E-state index in [9.17, 15) is 19.8 Å². The maximum atomic E-state index is 12.2. The van der Waals surface area contributed by atoms with Gasteiger partial charge in [0, 0.05) is 17.0 Å². The average Bonchev–Trinajstić information content (AvgIpc) is 2.37. The molecule has 0 radical (unpaired) electrons. The van der Waals surface area contributed by atoms with E-state index in [1.807, 2.05) is 0 Å². The molecule has 0 bridgehead atoms. The van der Waals surface area contributed by atoms with Crippen molar-refractivity contribution >= 4 is 11.8 Å². The Morgan fingerprint density at radius 1 is 1.20 bits per heavy atom. The van der Waals surface area contributed by atoms with Gasteiger partial charge < -0.3 is 20.1 Å². The number of phenolic OH excluding ortho intramolecular Hbond substituents is 2. The molecule has 0 unspecified atom stereocenters. The van der Waals surface area contributed by atoms with Crippen LogP contribution in [0.4, 0.5) is 0 Å². The maximum Gasteiger partial charge on any atom is 0.308 e. The largest absolute Gasteiger partial charge is 0.507 e. The van der Waals surface area contributed by atoms with Crippen molar-refractivity contribution < 1.29 is 29.6 Å². The number of carbonyl (C=O) groups excluding carboxylic acids is 1. The van der Waals surface area contributed by atoms with Crippen molar-refractivity contribution in [3.8, 4) is 17.2 Å². The van der Waals surface area contributed by atoms with E-state index in [1.54, 1.807) is 13.8 Å². The smallest absolute Gasteiger partial charge is 0.308 e. The average molecular weight is 282 g/mol. The van der Waals surface area contributed by atoms with Crippen molar-refractivity contribution in [2.45, 2.75) is 27.2 Å². The first-order chi connectivity index (χ1) is 9.22. The molecule has 3 N–H and O–H groups in total. The van der Waals surface area contributed by atoms with Crippen molar-refractivity contribution in [2.24, 2.45) is 5.92 Å². The normalized spacial score (nSPS) is 10.7. The number of hydrogen-bond acceptors (Lipinski definition) is 5. The van der Waals surface area contributed by atoms with E-state index in [4.69, 9.17) is 9.84 Å². The Morgan fingerprint density at radius 2 is 1.75 bits per heavy atom. The molecule has 0 aliphatic rings. The molecule has 20 heavy (non-hydrogen) atoms. The number of hydrogen-bond donors (Lipinski definition) is 3. The van der Waals surface area contributed by atoms with Crippen LogP contribution in [-0.2, 0) is 11.2 Å². The van der Waals surface area contributed by atoms with Gasteiger partial charge in [0.1, 0.15) is 22.8 Å². The molecule has 0 saturated carbocycles. The van der Waals surface area contributed by atoms with Crippen LogP contribution in [0.2, 0.25) is 0 Å². The predicted octanol–water partition coefficient (Wildman–Crippen LogP) is 1.88. The minimum Gasteiger partial charge on any atom is -0.507 e. The summed E-state index contributed by atoms with van der Waals surface area (Å²) in [6.07, 6.45) is -0.582. The molecule has 0 aromatic heterocycles. The van der Waals surface area contributed by atoms with E-state index >= 15 is 0 Å². The summed E-state index contributed by atoms with van der Waals surface area (Å²) in [5, 5.41) is 29.0. The first-order valence-corrected chi connectivity index (χ1v) is 6.09. The van der Waals surface area contributed by atoms with E-state index < -0.39 is 24.1 Å². The fraction of sp³-hybridized carbons (Fsp3) is 0.429. The Morgan fingerprint density at radius 3 is 2.15 bits per heavy atom. The molecule has 0 aliphatic heterocycles. The van der Waals surface area contributed by atoms with Gasteiger partial charge in [-0.1, -0.05) is 13.8 Å². The van der Waals surface area contributed by atoms with Crippen LogP contribution >= 0.6 is 0 Å². The molecular weight excluding hydrogens is 264 g/mol. The van der Waals surface area contributed by atoms with E-state index in [-0.39, 0.29) is 34.0 Å². The van der Waals surface area contributed by atoms with Gasteiger partial charge >= 0.3 is 5.97 Å². The van der Waals surface area contributed by atoms with Gasteiger partial charge in [-0.15, -0.1) is 0 Å². The van der Waals surface area contributed by atoms with Crippen molar-refractivity contribution in [1.82, 2.24) is 0 Å². The lowest BCUT2D eigenvalue weighted by molar-refractivity contribution is -0.136. The zero-order valence-corrected chi connectivity index (χ0v) is 11.9. The first kappa shape index (κ1) is 15.8. The maximum absolute atomic E-state index is 12.2. The topological polar surface area (TPSA) is 104 Å². The number of carboxylic acid groups (broad SMARTS) is 1. The Hall–Kier alpha value is -2.24. The van der Waals surface area contributed by atoms with Gasteiger partial charge in [0.05, 0.1) is 13.5 Å². The van der Waals surface area contributed by atoms with Crippen LogP contribution in [-0.4, -0.2) is 34.2 Å². The molecule has 0 atom stereocenters. The van der Waals surface area contributed by atoms with Crippen molar-refractivity contribution in [2.75, 3.05) is 7.11 Å². The summed E-state index contributed by atoms with van der Waals surface area (Å²) in [6, 6.07) is 0. The van der Waals surface area contributed by atoms with Crippen molar-refractivity contribution in [1.29, 1.82) is 0 Å². The number of rotatable bonds is 5. The second-order valence-corrected chi connectivity index (χ2v) is 4.80. The molecule has 0 aliphatic carbocycles. The van der Waals surface area contributed by atoms with E-state index in [0.29, 0.717) is 0 Å². The summed E-state index contributed by atoms with van der Waals surface area (Å²) in [7, 11) is 1.31. The van der Waals surface area contributed by atoms with Crippen LogP contribution in [0.25, 0.3) is 0 Å². The third-order valence-corrected chi connectivity index (χ3v) is 3.03. The van der Waals surface area contributed by atoms with Crippen molar-refractivity contribution in [3.63, 3.8) is 0 Å². The zero-order chi connectivity index (χ0) is 15.6. The lowest BCUT2D eigenvalue weighted by atomic mass is 9.92. The monoisotopic (exact) mass is 282 g/mol. The molecule has 0 spiro atoms. The predicted molar refractivity (Wildman–Crippen MR) is 71.6 cm³/mol. The second kappa shape index (κ2) is 5.81. The standard InChI is InChI=1S/C14H18O6/c1-6(2)11(17)10-13(19)8(5-9(15)16)12(18)7(3)14(10)20-4/h6,18-19H,5H2,1-4H3,(H,15,16). The lowest BCUT2D eigenvalue weighted by Gasteiger charge is -2.18. The fourth-order valence-electron chi connectivity index (χ4n) is 1.98. The third kappa shape index (κ3) is 2.68. The lowest BCUT2D eigenvalue weighted by Crippen LogP contribution is -2.13. The highest BCUT2D eigenvalue weighted by atomic mass is 16.5. The molecule has 110 valence electrons. The number of aliphatic carboxylic acids is 1. The number of methoxy groups -OCH3 is 1. The minimum absolute atomic E-state index is 0.0628. The Balaban J connectivity index is 3.68. The molecule has 0 saturated heterocycles. The Kier molecular flexibility index (Phi) is 4.60. The van der Waals surface area contributed by atoms with Crippen LogP contribution in [0.15, 0.2) is 0 Å².